The molecule has 2 amide bonds. The van der Waals surface area contributed by atoms with Crippen LogP contribution in [0.5, 0.6) is 5.75 Å². The van der Waals surface area contributed by atoms with Crippen LogP contribution in [0.1, 0.15) is 5.56 Å². The number of carbonyl (C=O) groups is 2. The number of nitrogens with one attached hydrogen (secondary N) is 2. The van der Waals surface area contributed by atoms with Gasteiger partial charge in [-0.1, -0.05) is 48.0 Å². The molecular weight excluding hydrogens is 366 g/mol. The Labute approximate surface area is 160 Å². The summed E-state index contributed by atoms with van der Waals surface area (Å²) in [6, 6.07) is 18.0. The van der Waals surface area contributed by atoms with Gasteiger partial charge in [-0.05, 0) is 35.0 Å². The first-order valence-electron chi connectivity index (χ1n) is 8.04. The predicted molar refractivity (Wildman–Crippen MR) is 106 cm³/mol. The molecule has 0 saturated carbocycles. The number of hydrazone groups is 1. The van der Waals surface area contributed by atoms with Crippen LogP contribution in [-0.4, -0.2) is 25.1 Å². The zero-order chi connectivity index (χ0) is 19.2. The van der Waals surface area contributed by atoms with E-state index in [9.17, 15) is 9.59 Å². The number of hydrogen-bond donors (Lipinski definition) is 2. The molecule has 0 heterocycles. The van der Waals surface area contributed by atoms with Gasteiger partial charge in [0.25, 0.3) is 0 Å². The Morgan fingerprint density at radius 2 is 1.85 bits per heavy atom. The van der Waals surface area contributed by atoms with E-state index in [-0.39, 0.29) is 0 Å². The van der Waals surface area contributed by atoms with Crippen LogP contribution in [0.4, 0.5) is 5.69 Å². The number of anilines is 1. The molecule has 0 atom stereocenters. The molecule has 0 fully saturated rings. The van der Waals surface area contributed by atoms with Crippen molar-refractivity contribution in [3.63, 3.8) is 0 Å². The SMILES string of the molecule is COc1ccc2ccccc2c1/C=N\NC(=O)C(=O)Nc1cccc(Cl)c1. The molecule has 0 radical (unpaired) electrons. The lowest BCUT2D eigenvalue weighted by Gasteiger charge is -2.08. The van der Waals surface area contributed by atoms with Crippen molar-refractivity contribution < 1.29 is 14.3 Å². The van der Waals surface area contributed by atoms with E-state index in [0.717, 1.165) is 10.8 Å². The van der Waals surface area contributed by atoms with Crippen molar-refractivity contribution in [2.75, 3.05) is 12.4 Å². The Bertz CT molecular complexity index is 1030. The van der Waals surface area contributed by atoms with E-state index < -0.39 is 11.8 Å². The second-order valence-electron chi connectivity index (χ2n) is 5.57. The van der Waals surface area contributed by atoms with Crippen LogP contribution in [0, 0.1) is 0 Å². The number of rotatable bonds is 4. The summed E-state index contributed by atoms with van der Waals surface area (Å²) in [5.41, 5.74) is 3.33. The van der Waals surface area contributed by atoms with Gasteiger partial charge in [-0.25, -0.2) is 5.43 Å². The van der Waals surface area contributed by atoms with Crippen LogP contribution in [0.3, 0.4) is 0 Å². The van der Waals surface area contributed by atoms with E-state index in [0.29, 0.717) is 22.0 Å². The maximum Gasteiger partial charge on any atom is 0.329 e. The maximum absolute atomic E-state index is 11.9. The average Bonchev–Trinajstić information content (AvgIpc) is 2.68. The lowest BCUT2D eigenvalue weighted by atomic mass is 10.0. The van der Waals surface area contributed by atoms with Crippen molar-refractivity contribution >= 4 is 46.1 Å². The first kappa shape index (κ1) is 18.4. The first-order valence-corrected chi connectivity index (χ1v) is 8.42. The molecule has 7 heteroatoms. The fourth-order valence-corrected chi connectivity index (χ4v) is 2.74. The monoisotopic (exact) mass is 381 g/mol. The van der Waals surface area contributed by atoms with Crippen molar-refractivity contribution in [2.45, 2.75) is 0 Å². The van der Waals surface area contributed by atoms with Crippen molar-refractivity contribution in [3.8, 4) is 5.75 Å². The smallest absolute Gasteiger partial charge is 0.329 e. The third-order valence-electron chi connectivity index (χ3n) is 3.80. The predicted octanol–water partition coefficient (Wildman–Crippen LogP) is 3.59. The van der Waals surface area contributed by atoms with Gasteiger partial charge in [0.1, 0.15) is 5.75 Å². The lowest BCUT2D eigenvalue weighted by molar-refractivity contribution is -0.136. The van der Waals surface area contributed by atoms with Gasteiger partial charge in [0.2, 0.25) is 0 Å². The van der Waals surface area contributed by atoms with Crippen molar-refractivity contribution in [1.29, 1.82) is 0 Å². The van der Waals surface area contributed by atoms with E-state index in [1.165, 1.54) is 12.3 Å². The summed E-state index contributed by atoms with van der Waals surface area (Å²) >= 11 is 5.85. The van der Waals surface area contributed by atoms with E-state index >= 15 is 0 Å². The summed E-state index contributed by atoms with van der Waals surface area (Å²) < 4.78 is 5.35. The van der Waals surface area contributed by atoms with Gasteiger partial charge in [0, 0.05) is 16.3 Å². The summed E-state index contributed by atoms with van der Waals surface area (Å²) in [7, 11) is 1.55. The molecule has 0 aliphatic rings. The number of amides is 2. The molecular formula is C20H16ClN3O3. The fourth-order valence-electron chi connectivity index (χ4n) is 2.55. The normalized spacial score (nSPS) is 10.7. The number of methoxy groups -OCH3 is 1. The van der Waals surface area contributed by atoms with Gasteiger partial charge >= 0.3 is 11.8 Å². The number of ether oxygens (including phenoxy) is 1. The zero-order valence-corrected chi connectivity index (χ0v) is 15.2. The largest absolute Gasteiger partial charge is 0.496 e. The third kappa shape index (κ3) is 4.43. The van der Waals surface area contributed by atoms with Gasteiger partial charge < -0.3 is 10.1 Å². The molecule has 3 aromatic carbocycles. The minimum absolute atomic E-state index is 0.419. The highest BCUT2D eigenvalue weighted by Gasteiger charge is 2.13. The van der Waals surface area contributed by atoms with Gasteiger partial charge in [-0.15, -0.1) is 0 Å². The summed E-state index contributed by atoms with van der Waals surface area (Å²) in [5, 5.41) is 8.71. The molecule has 3 rings (SSSR count). The highest BCUT2D eigenvalue weighted by atomic mass is 35.5. The molecule has 0 unspecified atom stereocenters. The lowest BCUT2D eigenvalue weighted by Crippen LogP contribution is -2.32. The Hall–Kier alpha value is -3.38. The number of fused-ring (bicyclic) bond motifs is 1. The summed E-state index contributed by atoms with van der Waals surface area (Å²) in [5.74, 6) is -1.14. The van der Waals surface area contributed by atoms with Crippen LogP contribution in [-0.2, 0) is 9.59 Å². The Morgan fingerprint density at radius 3 is 2.63 bits per heavy atom. The summed E-state index contributed by atoms with van der Waals surface area (Å²) in [6.45, 7) is 0. The number of nitrogens with zero attached hydrogens (tertiary/aromatic N) is 1. The zero-order valence-electron chi connectivity index (χ0n) is 14.4. The molecule has 6 nitrogen and oxygen atoms in total. The number of carbonyl (C=O) groups excluding carboxylic acids is 2. The molecule has 0 aliphatic carbocycles. The van der Waals surface area contributed by atoms with Crippen molar-refractivity contribution in [1.82, 2.24) is 5.43 Å². The Kier molecular flexibility index (Phi) is 5.68. The highest BCUT2D eigenvalue weighted by molar-refractivity contribution is 6.39. The van der Waals surface area contributed by atoms with Crippen molar-refractivity contribution in [3.05, 3.63) is 71.2 Å². The fraction of sp³-hybridized carbons (Fsp3) is 0.0500. The van der Waals surface area contributed by atoms with Gasteiger partial charge in [0.15, 0.2) is 0 Å². The van der Waals surface area contributed by atoms with Crippen molar-refractivity contribution in [2.24, 2.45) is 5.10 Å². The van der Waals surface area contributed by atoms with Crippen LogP contribution in [0.2, 0.25) is 5.02 Å². The molecule has 0 bridgehead atoms. The van der Waals surface area contributed by atoms with E-state index in [4.69, 9.17) is 16.3 Å². The van der Waals surface area contributed by atoms with E-state index in [2.05, 4.69) is 15.8 Å². The molecule has 0 aliphatic heterocycles. The van der Waals surface area contributed by atoms with Crippen LogP contribution < -0.4 is 15.5 Å². The third-order valence-corrected chi connectivity index (χ3v) is 4.03. The first-order chi connectivity index (χ1) is 13.1. The Balaban J connectivity index is 1.72. The highest BCUT2D eigenvalue weighted by Crippen LogP contribution is 2.26. The number of hydrogen-bond acceptors (Lipinski definition) is 4. The quantitative estimate of drug-likeness (QED) is 0.411. The Morgan fingerprint density at radius 1 is 1.04 bits per heavy atom. The van der Waals surface area contributed by atoms with Gasteiger partial charge in [0.05, 0.1) is 13.3 Å². The standard InChI is InChI=1S/C20H16ClN3O3/c1-27-18-10-9-13-5-2-3-8-16(13)17(18)12-22-24-20(26)19(25)23-15-7-4-6-14(21)11-15/h2-12H,1H3,(H,23,25)(H,24,26)/b22-12-. The molecule has 0 aromatic heterocycles. The summed E-state index contributed by atoms with van der Waals surface area (Å²) in [4.78, 5) is 23.9. The van der Waals surface area contributed by atoms with Gasteiger partial charge in [-0.3, -0.25) is 9.59 Å². The average molecular weight is 382 g/mol. The number of halogens is 1. The van der Waals surface area contributed by atoms with Gasteiger partial charge in [-0.2, -0.15) is 5.10 Å². The second kappa shape index (κ2) is 8.33. The minimum Gasteiger partial charge on any atom is -0.496 e. The summed E-state index contributed by atoms with van der Waals surface area (Å²) in [6.07, 6.45) is 1.45. The van der Waals surface area contributed by atoms with Crippen LogP contribution >= 0.6 is 11.6 Å². The number of benzene rings is 3. The molecule has 27 heavy (non-hydrogen) atoms. The maximum atomic E-state index is 11.9. The van der Waals surface area contributed by atoms with E-state index in [1.54, 1.807) is 25.3 Å². The topological polar surface area (TPSA) is 79.8 Å². The minimum atomic E-state index is -0.898. The second-order valence-corrected chi connectivity index (χ2v) is 6.00. The molecule has 2 N–H and O–H groups in total. The molecule has 0 saturated heterocycles. The van der Waals surface area contributed by atoms with Crippen LogP contribution in [0.25, 0.3) is 10.8 Å². The molecule has 3 aromatic rings. The molecule has 0 spiro atoms. The van der Waals surface area contributed by atoms with Crippen LogP contribution in [0.15, 0.2) is 65.8 Å². The molecule has 136 valence electrons. The van der Waals surface area contributed by atoms with E-state index in [1.807, 2.05) is 36.4 Å².